The highest BCUT2D eigenvalue weighted by Crippen LogP contribution is 2.23. The summed E-state index contributed by atoms with van der Waals surface area (Å²) >= 11 is 1.97. The van der Waals surface area contributed by atoms with Crippen LogP contribution < -0.4 is 4.74 Å². The van der Waals surface area contributed by atoms with E-state index in [9.17, 15) is 5.11 Å². The van der Waals surface area contributed by atoms with E-state index in [0.717, 1.165) is 18.6 Å². The lowest BCUT2D eigenvalue weighted by atomic mass is 9.95. The Morgan fingerprint density at radius 1 is 1.33 bits per heavy atom. The number of benzene rings is 1. The van der Waals surface area contributed by atoms with Crippen molar-refractivity contribution in [3.05, 3.63) is 29.8 Å². The molecule has 0 aliphatic heterocycles. The van der Waals surface area contributed by atoms with E-state index in [1.54, 1.807) is 7.11 Å². The molecule has 0 aromatic heterocycles. The van der Waals surface area contributed by atoms with Gasteiger partial charge in [-0.05, 0) is 48.3 Å². The minimum Gasteiger partial charge on any atom is -0.496 e. The Morgan fingerprint density at radius 2 is 2.11 bits per heavy atom. The number of thioether (sulfide) groups is 1. The normalized spacial score (nSPS) is 12.4. The molecule has 0 saturated carbocycles. The molecule has 1 N–H and O–H groups in total. The lowest BCUT2D eigenvalue weighted by molar-refractivity contribution is 0.216. The summed E-state index contributed by atoms with van der Waals surface area (Å²) in [5.74, 6) is 3.65. The summed E-state index contributed by atoms with van der Waals surface area (Å²) in [6.07, 6.45) is 3.16. The van der Waals surface area contributed by atoms with Crippen molar-refractivity contribution in [3.8, 4) is 5.75 Å². The van der Waals surface area contributed by atoms with E-state index in [1.807, 2.05) is 30.0 Å². The molecule has 3 heteroatoms. The van der Waals surface area contributed by atoms with Crippen molar-refractivity contribution < 1.29 is 9.84 Å². The van der Waals surface area contributed by atoms with E-state index < -0.39 is 0 Å². The summed E-state index contributed by atoms with van der Waals surface area (Å²) in [6, 6.07) is 8.08. The van der Waals surface area contributed by atoms with Crippen molar-refractivity contribution in [1.29, 1.82) is 0 Å². The SMILES string of the molecule is CCSCCCC(CO)Cc1ccccc1OC. The van der Waals surface area contributed by atoms with Gasteiger partial charge < -0.3 is 9.84 Å². The minimum absolute atomic E-state index is 0.259. The van der Waals surface area contributed by atoms with Crippen LogP contribution in [0.1, 0.15) is 25.3 Å². The van der Waals surface area contributed by atoms with Crippen molar-refractivity contribution in [2.45, 2.75) is 26.2 Å². The van der Waals surface area contributed by atoms with Crippen molar-refractivity contribution in [3.63, 3.8) is 0 Å². The highest BCUT2D eigenvalue weighted by atomic mass is 32.2. The zero-order valence-electron chi connectivity index (χ0n) is 11.4. The van der Waals surface area contributed by atoms with Crippen LogP contribution in [0.25, 0.3) is 0 Å². The molecule has 1 atom stereocenters. The predicted molar refractivity (Wildman–Crippen MR) is 79.5 cm³/mol. The van der Waals surface area contributed by atoms with Gasteiger partial charge in [-0.2, -0.15) is 11.8 Å². The monoisotopic (exact) mass is 268 g/mol. The van der Waals surface area contributed by atoms with Crippen LogP contribution in [-0.2, 0) is 6.42 Å². The maximum absolute atomic E-state index is 9.46. The molecule has 0 heterocycles. The average Bonchev–Trinajstić information content (AvgIpc) is 2.42. The van der Waals surface area contributed by atoms with Gasteiger partial charge in [-0.3, -0.25) is 0 Å². The van der Waals surface area contributed by atoms with Gasteiger partial charge in [0.15, 0.2) is 0 Å². The third-order valence-corrected chi connectivity index (χ3v) is 4.05. The van der Waals surface area contributed by atoms with E-state index in [2.05, 4.69) is 13.0 Å². The van der Waals surface area contributed by atoms with E-state index >= 15 is 0 Å². The molecule has 0 saturated heterocycles. The molecule has 18 heavy (non-hydrogen) atoms. The predicted octanol–water partition coefficient (Wildman–Crippen LogP) is 3.38. The van der Waals surface area contributed by atoms with Crippen LogP contribution in [-0.4, -0.2) is 30.3 Å². The molecule has 0 spiro atoms. The number of rotatable bonds is 9. The van der Waals surface area contributed by atoms with Crippen LogP contribution in [0.15, 0.2) is 24.3 Å². The van der Waals surface area contributed by atoms with Gasteiger partial charge in [0.1, 0.15) is 5.75 Å². The zero-order valence-corrected chi connectivity index (χ0v) is 12.2. The number of hydrogen-bond acceptors (Lipinski definition) is 3. The Labute approximate surface area is 115 Å². The summed E-state index contributed by atoms with van der Waals surface area (Å²) < 4.78 is 5.35. The van der Waals surface area contributed by atoms with Gasteiger partial charge in [0.05, 0.1) is 7.11 Å². The van der Waals surface area contributed by atoms with E-state index in [-0.39, 0.29) is 6.61 Å². The van der Waals surface area contributed by atoms with Crippen molar-refractivity contribution >= 4 is 11.8 Å². The lowest BCUT2D eigenvalue weighted by Gasteiger charge is -2.16. The molecule has 0 bridgehead atoms. The van der Waals surface area contributed by atoms with Crippen molar-refractivity contribution in [2.75, 3.05) is 25.2 Å². The molecular weight excluding hydrogens is 244 g/mol. The number of aliphatic hydroxyl groups excluding tert-OH is 1. The second kappa shape index (κ2) is 9.29. The van der Waals surface area contributed by atoms with Crippen LogP contribution in [0, 0.1) is 5.92 Å². The Kier molecular flexibility index (Phi) is 7.94. The number of para-hydroxylation sites is 1. The first-order chi connectivity index (χ1) is 8.81. The minimum atomic E-state index is 0.259. The van der Waals surface area contributed by atoms with Crippen LogP contribution in [0.2, 0.25) is 0 Å². The summed E-state index contributed by atoms with van der Waals surface area (Å²) in [5.41, 5.74) is 1.20. The Bertz CT molecular complexity index is 328. The van der Waals surface area contributed by atoms with Crippen LogP contribution in [0.5, 0.6) is 5.75 Å². The summed E-state index contributed by atoms with van der Waals surface area (Å²) in [6.45, 7) is 2.44. The molecule has 1 aromatic carbocycles. The largest absolute Gasteiger partial charge is 0.496 e. The van der Waals surface area contributed by atoms with E-state index in [0.29, 0.717) is 5.92 Å². The third kappa shape index (κ3) is 5.32. The molecule has 102 valence electrons. The molecule has 1 unspecified atom stereocenters. The summed E-state index contributed by atoms with van der Waals surface area (Å²) in [4.78, 5) is 0. The van der Waals surface area contributed by atoms with Gasteiger partial charge in [0, 0.05) is 6.61 Å². The van der Waals surface area contributed by atoms with Crippen LogP contribution in [0.4, 0.5) is 0 Å². The average molecular weight is 268 g/mol. The quantitative estimate of drug-likeness (QED) is 0.696. The second-order valence-electron chi connectivity index (χ2n) is 4.40. The van der Waals surface area contributed by atoms with Gasteiger partial charge in [0.25, 0.3) is 0 Å². The molecule has 2 nitrogen and oxygen atoms in total. The number of hydrogen-bond donors (Lipinski definition) is 1. The molecule has 1 aromatic rings. The van der Waals surface area contributed by atoms with E-state index in [1.165, 1.54) is 23.5 Å². The first kappa shape index (κ1) is 15.4. The first-order valence-corrected chi connectivity index (χ1v) is 7.77. The number of methoxy groups -OCH3 is 1. The summed E-state index contributed by atoms with van der Waals surface area (Å²) in [5, 5.41) is 9.46. The number of ether oxygens (including phenoxy) is 1. The second-order valence-corrected chi connectivity index (χ2v) is 5.80. The van der Waals surface area contributed by atoms with Crippen LogP contribution in [0.3, 0.4) is 0 Å². The van der Waals surface area contributed by atoms with Gasteiger partial charge in [-0.1, -0.05) is 25.1 Å². The van der Waals surface area contributed by atoms with Gasteiger partial charge >= 0.3 is 0 Å². The fourth-order valence-electron chi connectivity index (χ4n) is 2.06. The highest BCUT2D eigenvalue weighted by Gasteiger charge is 2.11. The Balaban J connectivity index is 2.46. The summed E-state index contributed by atoms with van der Waals surface area (Å²) in [7, 11) is 1.70. The van der Waals surface area contributed by atoms with Crippen LogP contribution >= 0.6 is 11.8 Å². The maximum atomic E-state index is 9.46. The van der Waals surface area contributed by atoms with Crippen molar-refractivity contribution in [1.82, 2.24) is 0 Å². The van der Waals surface area contributed by atoms with Gasteiger partial charge in [-0.25, -0.2) is 0 Å². The molecular formula is C15H24O2S. The molecule has 0 aliphatic carbocycles. The third-order valence-electron chi connectivity index (χ3n) is 3.06. The van der Waals surface area contributed by atoms with E-state index in [4.69, 9.17) is 4.74 Å². The highest BCUT2D eigenvalue weighted by molar-refractivity contribution is 7.99. The smallest absolute Gasteiger partial charge is 0.122 e. The molecule has 1 rings (SSSR count). The Hall–Kier alpha value is -0.670. The number of aliphatic hydroxyl groups is 1. The molecule has 0 amide bonds. The van der Waals surface area contributed by atoms with Crippen molar-refractivity contribution in [2.24, 2.45) is 5.92 Å². The van der Waals surface area contributed by atoms with Gasteiger partial charge in [-0.15, -0.1) is 0 Å². The lowest BCUT2D eigenvalue weighted by Crippen LogP contribution is -2.11. The fourth-order valence-corrected chi connectivity index (χ4v) is 2.72. The topological polar surface area (TPSA) is 29.5 Å². The standard InChI is InChI=1S/C15H24O2S/c1-3-18-10-6-7-13(12-16)11-14-8-4-5-9-15(14)17-2/h4-5,8-9,13,16H,3,6-7,10-12H2,1-2H3. The first-order valence-electron chi connectivity index (χ1n) is 6.62. The van der Waals surface area contributed by atoms with Gasteiger partial charge in [0.2, 0.25) is 0 Å². The zero-order chi connectivity index (χ0) is 13.2. The molecule has 0 radical (unpaired) electrons. The molecule has 0 fully saturated rings. The maximum Gasteiger partial charge on any atom is 0.122 e. The molecule has 0 aliphatic rings. The Morgan fingerprint density at radius 3 is 2.78 bits per heavy atom. The fraction of sp³-hybridized carbons (Fsp3) is 0.600.